The molecule has 1 aliphatic rings. The fraction of sp³-hybridized carbons (Fsp3) is 0.923. The molecule has 0 spiro atoms. The number of nitrogens with one attached hydrogen (secondary N) is 2. The summed E-state index contributed by atoms with van der Waals surface area (Å²) >= 11 is 0. The Morgan fingerprint density at radius 1 is 1.35 bits per heavy atom. The minimum Gasteiger partial charge on any atom is -0.383 e. The lowest BCUT2D eigenvalue weighted by molar-refractivity contribution is -0.121. The lowest BCUT2D eigenvalue weighted by Gasteiger charge is -2.34. The number of carbonyl (C=O) groups is 1. The number of hydrogen-bond donors (Lipinski definition) is 2. The van der Waals surface area contributed by atoms with Crippen LogP contribution in [0.2, 0.25) is 0 Å². The molecule has 0 radical (unpaired) electrons. The maximum atomic E-state index is 11.7. The average Bonchev–Trinajstić information content (AvgIpc) is 2.31. The zero-order chi connectivity index (χ0) is 12.7. The first-order valence-electron chi connectivity index (χ1n) is 6.64. The largest absolute Gasteiger partial charge is 0.383 e. The van der Waals surface area contributed by atoms with Gasteiger partial charge in [-0.2, -0.15) is 0 Å². The molecule has 4 heteroatoms. The normalized spacial score (nSPS) is 29.0. The van der Waals surface area contributed by atoms with E-state index in [4.69, 9.17) is 4.74 Å². The minimum absolute atomic E-state index is 0.104. The van der Waals surface area contributed by atoms with E-state index in [0.717, 1.165) is 18.9 Å². The van der Waals surface area contributed by atoms with Gasteiger partial charge in [0.2, 0.25) is 5.91 Å². The Bertz CT molecular complexity index is 233. The van der Waals surface area contributed by atoms with Crippen LogP contribution in [0.5, 0.6) is 0 Å². The van der Waals surface area contributed by atoms with Crippen molar-refractivity contribution in [2.24, 2.45) is 11.8 Å². The summed E-state index contributed by atoms with van der Waals surface area (Å²) in [5.74, 6) is 1.41. The van der Waals surface area contributed by atoms with E-state index >= 15 is 0 Å². The van der Waals surface area contributed by atoms with Crippen LogP contribution in [0.1, 0.15) is 33.1 Å². The summed E-state index contributed by atoms with van der Waals surface area (Å²) in [5.41, 5.74) is 0. The summed E-state index contributed by atoms with van der Waals surface area (Å²) in [6, 6.07) is 0.357. The van der Waals surface area contributed by atoms with Crippen molar-refractivity contribution in [1.29, 1.82) is 0 Å². The van der Waals surface area contributed by atoms with Crippen LogP contribution in [0, 0.1) is 11.8 Å². The van der Waals surface area contributed by atoms with Gasteiger partial charge in [-0.3, -0.25) is 4.79 Å². The number of amides is 1. The SMILES string of the molecule is COCCNCC(=O)NC1CCCC(C)C1C. The predicted molar refractivity (Wildman–Crippen MR) is 68.9 cm³/mol. The van der Waals surface area contributed by atoms with Gasteiger partial charge in [0, 0.05) is 19.7 Å². The van der Waals surface area contributed by atoms with Crippen molar-refractivity contribution in [2.75, 3.05) is 26.8 Å². The van der Waals surface area contributed by atoms with Crippen molar-refractivity contribution in [2.45, 2.75) is 39.2 Å². The second-order valence-electron chi connectivity index (χ2n) is 5.11. The lowest BCUT2D eigenvalue weighted by atomic mass is 9.78. The van der Waals surface area contributed by atoms with Crippen molar-refractivity contribution in [3.05, 3.63) is 0 Å². The topological polar surface area (TPSA) is 50.4 Å². The van der Waals surface area contributed by atoms with E-state index in [1.54, 1.807) is 7.11 Å². The van der Waals surface area contributed by atoms with Gasteiger partial charge < -0.3 is 15.4 Å². The van der Waals surface area contributed by atoms with Gasteiger partial charge in [0.15, 0.2) is 0 Å². The maximum absolute atomic E-state index is 11.7. The van der Waals surface area contributed by atoms with Crippen molar-refractivity contribution in [1.82, 2.24) is 10.6 Å². The smallest absolute Gasteiger partial charge is 0.234 e. The molecule has 1 aliphatic carbocycles. The molecule has 1 saturated carbocycles. The van der Waals surface area contributed by atoms with Crippen LogP contribution in [-0.2, 0) is 9.53 Å². The molecule has 1 rings (SSSR count). The van der Waals surface area contributed by atoms with Crippen molar-refractivity contribution >= 4 is 5.91 Å². The van der Waals surface area contributed by atoms with E-state index in [1.807, 2.05) is 0 Å². The van der Waals surface area contributed by atoms with Crippen LogP contribution in [0.3, 0.4) is 0 Å². The Morgan fingerprint density at radius 3 is 2.82 bits per heavy atom. The van der Waals surface area contributed by atoms with Gasteiger partial charge in [-0.05, 0) is 18.3 Å². The van der Waals surface area contributed by atoms with Gasteiger partial charge >= 0.3 is 0 Å². The number of carbonyl (C=O) groups excluding carboxylic acids is 1. The van der Waals surface area contributed by atoms with Crippen molar-refractivity contribution in [3.63, 3.8) is 0 Å². The van der Waals surface area contributed by atoms with Gasteiger partial charge in [-0.1, -0.05) is 26.7 Å². The maximum Gasteiger partial charge on any atom is 0.234 e. The third-order valence-electron chi connectivity index (χ3n) is 3.82. The second-order valence-corrected chi connectivity index (χ2v) is 5.11. The zero-order valence-electron chi connectivity index (χ0n) is 11.3. The van der Waals surface area contributed by atoms with Crippen molar-refractivity contribution in [3.8, 4) is 0 Å². The predicted octanol–water partition coefficient (Wildman–Crippen LogP) is 1.16. The molecule has 2 N–H and O–H groups in total. The summed E-state index contributed by atoms with van der Waals surface area (Å²) in [7, 11) is 1.66. The molecule has 0 aromatic rings. The third kappa shape index (κ3) is 5.04. The fourth-order valence-electron chi connectivity index (χ4n) is 2.42. The molecular formula is C13H26N2O2. The van der Waals surface area contributed by atoms with E-state index in [9.17, 15) is 4.79 Å². The summed E-state index contributed by atoms with van der Waals surface area (Å²) in [6.45, 7) is 6.28. The van der Waals surface area contributed by atoms with Crippen LogP contribution in [0.4, 0.5) is 0 Å². The van der Waals surface area contributed by atoms with Crippen LogP contribution in [-0.4, -0.2) is 38.8 Å². The summed E-state index contributed by atoms with van der Waals surface area (Å²) in [4.78, 5) is 11.7. The molecule has 3 atom stereocenters. The molecule has 4 nitrogen and oxygen atoms in total. The van der Waals surface area contributed by atoms with Gasteiger partial charge in [0.25, 0.3) is 0 Å². The fourth-order valence-corrected chi connectivity index (χ4v) is 2.42. The quantitative estimate of drug-likeness (QED) is 0.687. The second kappa shape index (κ2) is 7.67. The molecule has 0 heterocycles. The number of methoxy groups -OCH3 is 1. The first-order valence-corrected chi connectivity index (χ1v) is 6.64. The lowest BCUT2D eigenvalue weighted by Crippen LogP contribution is -2.46. The van der Waals surface area contributed by atoms with E-state index in [2.05, 4.69) is 24.5 Å². The summed E-state index contributed by atoms with van der Waals surface area (Å²) in [6.07, 6.45) is 3.64. The highest BCUT2D eigenvalue weighted by Crippen LogP contribution is 2.29. The molecule has 0 aromatic carbocycles. The third-order valence-corrected chi connectivity index (χ3v) is 3.82. The van der Waals surface area contributed by atoms with Crippen molar-refractivity contribution < 1.29 is 9.53 Å². The van der Waals surface area contributed by atoms with Gasteiger partial charge in [0.05, 0.1) is 13.2 Å². The molecule has 100 valence electrons. The molecular weight excluding hydrogens is 216 g/mol. The Balaban J connectivity index is 2.20. The first kappa shape index (κ1) is 14.5. The van der Waals surface area contributed by atoms with E-state index in [-0.39, 0.29) is 5.91 Å². The number of rotatable bonds is 6. The molecule has 1 amide bonds. The van der Waals surface area contributed by atoms with Crippen LogP contribution in [0.15, 0.2) is 0 Å². The zero-order valence-corrected chi connectivity index (χ0v) is 11.3. The standard InChI is InChI=1S/C13H26N2O2/c1-10-5-4-6-12(11(10)2)15-13(16)9-14-7-8-17-3/h10-12,14H,4-9H2,1-3H3,(H,15,16). The molecule has 0 bridgehead atoms. The van der Waals surface area contributed by atoms with Crippen LogP contribution in [0.25, 0.3) is 0 Å². The van der Waals surface area contributed by atoms with E-state index < -0.39 is 0 Å². The van der Waals surface area contributed by atoms with Crippen LogP contribution < -0.4 is 10.6 Å². The first-order chi connectivity index (χ1) is 8.15. The van der Waals surface area contributed by atoms with E-state index in [0.29, 0.717) is 25.1 Å². The highest BCUT2D eigenvalue weighted by Gasteiger charge is 2.27. The van der Waals surface area contributed by atoms with Gasteiger partial charge in [0.1, 0.15) is 0 Å². The molecule has 0 aliphatic heterocycles. The molecule has 0 saturated heterocycles. The Morgan fingerprint density at radius 2 is 2.12 bits per heavy atom. The molecule has 17 heavy (non-hydrogen) atoms. The molecule has 3 unspecified atom stereocenters. The minimum atomic E-state index is 0.104. The Hall–Kier alpha value is -0.610. The number of ether oxygens (including phenoxy) is 1. The Labute approximate surface area is 104 Å². The summed E-state index contributed by atoms with van der Waals surface area (Å²) in [5, 5.41) is 6.20. The van der Waals surface area contributed by atoms with E-state index in [1.165, 1.54) is 12.8 Å². The number of hydrogen-bond acceptors (Lipinski definition) is 3. The Kier molecular flexibility index (Phi) is 6.52. The van der Waals surface area contributed by atoms with Crippen LogP contribution >= 0.6 is 0 Å². The highest BCUT2D eigenvalue weighted by atomic mass is 16.5. The van der Waals surface area contributed by atoms with Gasteiger partial charge in [-0.15, -0.1) is 0 Å². The molecule has 0 aromatic heterocycles. The monoisotopic (exact) mass is 242 g/mol. The van der Waals surface area contributed by atoms with Gasteiger partial charge in [-0.25, -0.2) is 0 Å². The highest BCUT2D eigenvalue weighted by molar-refractivity contribution is 5.78. The average molecular weight is 242 g/mol. The molecule has 1 fully saturated rings. The summed E-state index contributed by atoms with van der Waals surface area (Å²) < 4.78 is 4.91.